The summed E-state index contributed by atoms with van der Waals surface area (Å²) < 4.78 is 0. The van der Waals surface area contributed by atoms with Gasteiger partial charge in [0.15, 0.2) is 0 Å². The van der Waals surface area contributed by atoms with Crippen LogP contribution in [0.1, 0.15) is 83.1 Å². The SMILES string of the molecule is CCC=CCC=CCC=CCC=CCC=CCC=CCCC(=O)NCCC[C@H](NC(=O)CC=Cc1cccnc1)C(=O)O. The molecule has 7 nitrogen and oxygen atoms in total. The molecule has 0 spiro atoms. The predicted molar refractivity (Wildman–Crippen MR) is 177 cm³/mol. The summed E-state index contributed by atoms with van der Waals surface area (Å²) in [6, 6.07) is 2.67. The molecule has 0 aliphatic rings. The highest BCUT2D eigenvalue weighted by Crippen LogP contribution is 2.03. The number of hydrogen-bond acceptors (Lipinski definition) is 4. The van der Waals surface area contributed by atoms with Gasteiger partial charge in [0, 0.05) is 31.8 Å². The van der Waals surface area contributed by atoms with Gasteiger partial charge in [-0.3, -0.25) is 14.6 Å². The maximum Gasteiger partial charge on any atom is 0.326 e. The molecule has 1 atom stereocenters. The maximum absolute atomic E-state index is 12.1. The number of hydrogen-bond donors (Lipinski definition) is 3. The van der Waals surface area contributed by atoms with Gasteiger partial charge in [-0.15, -0.1) is 0 Å². The molecule has 0 aliphatic heterocycles. The smallest absolute Gasteiger partial charge is 0.326 e. The Balaban J connectivity index is 2.08. The van der Waals surface area contributed by atoms with Crippen molar-refractivity contribution in [2.75, 3.05) is 6.54 Å². The molecule has 1 aromatic rings. The van der Waals surface area contributed by atoms with Crippen molar-refractivity contribution < 1.29 is 19.5 Å². The van der Waals surface area contributed by atoms with Crippen LogP contribution in [-0.2, 0) is 14.4 Å². The summed E-state index contributed by atoms with van der Waals surface area (Å²) in [5.74, 6) is -1.53. The molecule has 1 aromatic heterocycles. The second kappa shape index (κ2) is 26.6. The molecule has 0 bridgehead atoms. The van der Waals surface area contributed by atoms with Crippen LogP contribution in [-0.4, -0.2) is 40.5 Å². The van der Waals surface area contributed by atoms with E-state index in [1.807, 2.05) is 18.2 Å². The van der Waals surface area contributed by atoms with Gasteiger partial charge in [0.1, 0.15) is 6.04 Å². The minimum Gasteiger partial charge on any atom is -0.480 e. The molecule has 232 valence electrons. The number of aromatic nitrogens is 1. The molecule has 0 saturated carbocycles. The fourth-order valence-electron chi connectivity index (χ4n) is 3.76. The lowest BCUT2D eigenvalue weighted by Crippen LogP contribution is -2.41. The number of carbonyl (C=O) groups is 3. The van der Waals surface area contributed by atoms with E-state index in [2.05, 4.69) is 83.3 Å². The van der Waals surface area contributed by atoms with Crippen molar-refractivity contribution in [2.24, 2.45) is 0 Å². The summed E-state index contributed by atoms with van der Waals surface area (Å²) in [6.45, 7) is 2.51. The molecule has 3 N–H and O–H groups in total. The van der Waals surface area contributed by atoms with Crippen LogP contribution in [0.25, 0.3) is 6.08 Å². The summed E-state index contributed by atoms with van der Waals surface area (Å²) in [5, 5.41) is 14.8. The van der Waals surface area contributed by atoms with Crippen LogP contribution in [0.2, 0.25) is 0 Å². The predicted octanol–water partition coefficient (Wildman–Crippen LogP) is 7.43. The Bertz CT molecular complexity index is 1110. The minimum atomic E-state index is -1.09. The molecule has 0 fully saturated rings. The third kappa shape index (κ3) is 23.0. The van der Waals surface area contributed by atoms with Crippen LogP contribution in [0.5, 0.6) is 0 Å². The van der Waals surface area contributed by atoms with E-state index in [1.165, 1.54) is 0 Å². The van der Waals surface area contributed by atoms with Crippen molar-refractivity contribution >= 4 is 23.9 Å². The number of amides is 2. The van der Waals surface area contributed by atoms with Gasteiger partial charge in [-0.25, -0.2) is 4.79 Å². The van der Waals surface area contributed by atoms with Gasteiger partial charge < -0.3 is 15.7 Å². The van der Waals surface area contributed by atoms with Crippen molar-refractivity contribution in [1.29, 1.82) is 0 Å². The molecule has 0 aromatic carbocycles. The standard InChI is InChI=1S/C36H49N3O4/c1-2-3-4-5-6-7-8-9-10-11-12-13-14-15-16-17-18-19-20-27-34(40)38-30-23-26-33(36(42)43)39-35(41)28-21-24-32-25-22-29-37-31-32/h3-4,6-7,9-10,12-13,15-16,18-19,21-22,24-25,29,31,33H,2,5,8,11,14,17,20,23,26-28,30H2,1H3,(H,38,40)(H,39,41)(H,42,43)/t33-/m0/s1. The van der Waals surface area contributed by atoms with Crippen LogP contribution < -0.4 is 10.6 Å². The Labute approximate surface area is 258 Å². The third-order valence-electron chi connectivity index (χ3n) is 6.06. The minimum absolute atomic E-state index is 0.0732. The zero-order valence-electron chi connectivity index (χ0n) is 25.6. The number of allylic oxidation sites excluding steroid dienone is 12. The van der Waals surface area contributed by atoms with Gasteiger partial charge >= 0.3 is 5.97 Å². The quantitative estimate of drug-likeness (QED) is 0.0912. The first-order chi connectivity index (χ1) is 21.0. The molecule has 7 heteroatoms. The topological polar surface area (TPSA) is 108 Å². The van der Waals surface area contributed by atoms with Crippen molar-refractivity contribution in [3.63, 3.8) is 0 Å². The first-order valence-electron chi connectivity index (χ1n) is 15.3. The van der Waals surface area contributed by atoms with Crippen LogP contribution in [0.15, 0.2) is 104 Å². The van der Waals surface area contributed by atoms with E-state index < -0.39 is 12.0 Å². The van der Waals surface area contributed by atoms with Crippen LogP contribution >= 0.6 is 0 Å². The molecule has 1 rings (SSSR count). The fourth-order valence-corrected chi connectivity index (χ4v) is 3.76. The van der Waals surface area contributed by atoms with Gasteiger partial charge in [0.25, 0.3) is 0 Å². The Kier molecular flexibility index (Phi) is 22.8. The lowest BCUT2D eigenvalue weighted by molar-refractivity contribution is -0.141. The monoisotopic (exact) mass is 587 g/mol. The number of carboxylic acid groups (broad SMARTS) is 1. The van der Waals surface area contributed by atoms with E-state index in [1.54, 1.807) is 30.6 Å². The molecular formula is C36H49N3O4. The molecule has 43 heavy (non-hydrogen) atoms. The van der Waals surface area contributed by atoms with E-state index >= 15 is 0 Å². The first kappa shape index (κ1) is 36.8. The van der Waals surface area contributed by atoms with Gasteiger partial charge in [-0.2, -0.15) is 0 Å². The van der Waals surface area contributed by atoms with E-state index in [0.29, 0.717) is 25.8 Å². The zero-order valence-corrected chi connectivity index (χ0v) is 25.6. The summed E-state index contributed by atoms with van der Waals surface area (Å²) in [5.41, 5.74) is 0.863. The Morgan fingerprint density at radius 3 is 1.93 bits per heavy atom. The van der Waals surface area contributed by atoms with Crippen molar-refractivity contribution in [2.45, 2.75) is 83.6 Å². The van der Waals surface area contributed by atoms with Crippen molar-refractivity contribution in [3.8, 4) is 0 Å². The van der Waals surface area contributed by atoms with Gasteiger partial charge in [-0.1, -0.05) is 98.1 Å². The lowest BCUT2D eigenvalue weighted by atomic mass is 10.1. The Morgan fingerprint density at radius 1 is 0.814 bits per heavy atom. The number of carbonyl (C=O) groups excluding carboxylic acids is 2. The first-order valence-corrected chi connectivity index (χ1v) is 15.3. The molecule has 1 heterocycles. The molecular weight excluding hydrogens is 538 g/mol. The summed E-state index contributed by atoms with van der Waals surface area (Å²) in [6.07, 6.45) is 40.1. The Morgan fingerprint density at radius 2 is 1.40 bits per heavy atom. The van der Waals surface area contributed by atoms with Gasteiger partial charge in [0.2, 0.25) is 11.8 Å². The number of aliphatic carboxylic acids is 1. The highest BCUT2D eigenvalue weighted by Gasteiger charge is 2.18. The third-order valence-corrected chi connectivity index (χ3v) is 6.06. The van der Waals surface area contributed by atoms with E-state index in [4.69, 9.17) is 0 Å². The average Bonchev–Trinajstić information content (AvgIpc) is 3.00. The normalized spacial score (nSPS) is 13.0. The van der Waals surface area contributed by atoms with Crippen molar-refractivity contribution in [1.82, 2.24) is 15.6 Å². The second-order valence-electron chi connectivity index (χ2n) is 9.80. The summed E-state index contributed by atoms with van der Waals surface area (Å²) in [4.78, 5) is 39.6. The largest absolute Gasteiger partial charge is 0.480 e. The molecule has 0 aliphatic carbocycles. The molecule has 0 saturated heterocycles. The number of carboxylic acids is 1. The van der Waals surface area contributed by atoms with E-state index in [9.17, 15) is 19.5 Å². The summed E-state index contributed by atoms with van der Waals surface area (Å²) >= 11 is 0. The van der Waals surface area contributed by atoms with Gasteiger partial charge in [0.05, 0.1) is 0 Å². The fraction of sp³-hybridized carbons (Fsp3) is 0.389. The summed E-state index contributed by atoms with van der Waals surface area (Å²) in [7, 11) is 0. The lowest BCUT2D eigenvalue weighted by Gasteiger charge is -2.14. The number of nitrogens with one attached hydrogen (secondary N) is 2. The molecule has 2 amide bonds. The number of nitrogens with zero attached hydrogens (tertiary/aromatic N) is 1. The van der Waals surface area contributed by atoms with E-state index in [-0.39, 0.29) is 24.7 Å². The number of pyridine rings is 1. The zero-order chi connectivity index (χ0) is 31.2. The average molecular weight is 588 g/mol. The van der Waals surface area contributed by atoms with Crippen LogP contribution in [0.4, 0.5) is 0 Å². The van der Waals surface area contributed by atoms with Gasteiger partial charge in [-0.05, 0) is 69.4 Å². The van der Waals surface area contributed by atoms with E-state index in [0.717, 1.165) is 44.1 Å². The Hall–Kier alpha value is -4.26. The van der Waals surface area contributed by atoms with Crippen molar-refractivity contribution in [3.05, 3.63) is 109 Å². The highest BCUT2D eigenvalue weighted by atomic mass is 16.4. The van der Waals surface area contributed by atoms with Crippen LogP contribution in [0.3, 0.4) is 0 Å². The molecule has 0 radical (unpaired) electrons. The number of rotatable bonds is 23. The molecule has 0 unspecified atom stereocenters. The highest BCUT2D eigenvalue weighted by molar-refractivity contribution is 5.84. The van der Waals surface area contributed by atoms with Crippen LogP contribution in [0, 0.1) is 0 Å². The maximum atomic E-state index is 12.1. The second-order valence-corrected chi connectivity index (χ2v) is 9.80.